The van der Waals surface area contributed by atoms with Gasteiger partial charge in [-0.15, -0.1) is 0 Å². The van der Waals surface area contributed by atoms with Gasteiger partial charge < -0.3 is 0 Å². The number of thioether (sulfide) groups is 2. The highest BCUT2D eigenvalue weighted by atomic mass is 32.2. The van der Waals surface area contributed by atoms with E-state index in [1.165, 1.54) is 88.0 Å². The Kier molecular flexibility index (Phi) is 8.11. The smallest absolute Gasteiger partial charge is 0.0194 e. The van der Waals surface area contributed by atoms with Crippen molar-refractivity contribution in [2.24, 2.45) is 0 Å². The fourth-order valence-corrected chi connectivity index (χ4v) is 10.5. The molecular formula is C49H56S2. The van der Waals surface area contributed by atoms with Crippen molar-refractivity contribution in [1.82, 2.24) is 0 Å². The van der Waals surface area contributed by atoms with Crippen LogP contribution in [0.15, 0.2) is 60.7 Å². The van der Waals surface area contributed by atoms with Gasteiger partial charge in [0.15, 0.2) is 0 Å². The number of fused-ring (bicyclic) bond motifs is 5. The van der Waals surface area contributed by atoms with Gasteiger partial charge in [-0.1, -0.05) is 132 Å². The van der Waals surface area contributed by atoms with E-state index >= 15 is 0 Å². The first-order chi connectivity index (χ1) is 23.8. The van der Waals surface area contributed by atoms with Gasteiger partial charge in [0.25, 0.3) is 0 Å². The monoisotopic (exact) mass is 708 g/mol. The molecule has 0 radical (unpaired) electrons. The minimum atomic E-state index is 0.0732. The highest BCUT2D eigenvalue weighted by molar-refractivity contribution is 7.98. The predicted octanol–water partition coefficient (Wildman–Crippen LogP) is 14.5. The molecule has 1 aliphatic carbocycles. The molecule has 0 atom stereocenters. The van der Waals surface area contributed by atoms with Crippen molar-refractivity contribution in [2.45, 2.75) is 134 Å². The van der Waals surface area contributed by atoms with Crippen molar-refractivity contribution < 1.29 is 0 Å². The minimum Gasteiger partial charge on any atom is -0.152 e. The zero-order valence-electron chi connectivity index (χ0n) is 33.1. The Bertz CT molecular complexity index is 2190. The van der Waals surface area contributed by atoms with E-state index in [1.807, 2.05) is 0 Å². The van der Waals surface area contributed by atoms with Crippen LogP contribution in [-0.2, 0) is 51.1 Å². The summed E-state index contributed by atoms with van der Waals surface area (Å²) >= 11 is 4.22. The Morgan fingerprint density at radius 1 is 0.373 bits per heavy atom. The first kappa shape index (κ1) is 35.1. The van der Waals surface area contributed by atoms with Crippen molar-refractivity contribution in [3.05, 3.63) is 116 Å². The average Bonchev–Trinajstić information content (AvgIpc) is 3.40. The van der Waals surface area contributed by atoms with E-state index in [0.717, 1.165) is 29.4 Å². The summed E-state index contributed by atoms with van der Waals surface area (Å²) in [6.45, 7) is 28.5. The second kappa shape index (κ2) is 11.8. The molecule has 2 aliphatic heterocycles. The van der Waals surface area contributed by atoms with E-state index in [-0.39, 0.29) is 21.7 Å². The highest BCUT2D eigenvalue weighted by Gasteiger charge is 2.30. The molecule has 0 saturated heterocycles. The van der Waals surface area contributed by atoms with Crippen molar-refractivity contribution in [3.8, 4) is 11.1 Å². The Balaban J connectivity index is 1.41. The normalized spacial score (nSPS) is 15.7. The van der Waals surface area contributed by atoms with E-state index in [0.29, 0.717) is 0 Å². The lowest BCUT2D eigenvalue weighted by molar-refractivity contribution is 0.589. The van der Waals surface area contributed by atoms with Gasteiger partial charge in [0.1, 0.15) is 0 Å². The van der Waals surface area contributed by atoms with Crippen LogP contribution in [0.2, 0.25) is 0 Å². The molecule has 6 aromatic carbocycles. The van der Waals surface area contributed by atoms with Gasteiger partial charge in [0.2, 0.25) is 0 Å². The van der Waals surface area contributed by atoms with Crippen molar-refractivity contribution in [1.29, 1.82) is 0 Å². The highest BCUT2D eigenvalue weighted by Crippen LogP contribution is 2.48. The zero-order valence-corrected chi connectivity index (χ0v) is 34.8. The van der Waals surface area contributed by atoms with E-state index < -0.39 is 0 Å². The molecule has 2 heteroatoms. The molecule has 6 aromatic rings. The van der Waals surface area contributed by atoms with Crippen molar-refractivity contribution in [2.75, 3.05) is 0 Å². The van der Waals surface area contributed by atoms with Crippen LogP contribution in [0.1, 0.15) is 139 Å². The van der Waals surface area contributed by atoms with Crippen LogP contribution in [0.25, 0.3) is 43.4 Å². The Hall–Kier alpha value is -2.94. The molecule has 0 unspecified atom stereocenters. The van der Waals surface area contributed by atoms with Gasteiger partial charge in [0, 0.05) is 23.0 Å². The van der Waals surface area contributed by atoms with E-state index in [2.05, 4.69) is 167 Å². The van der Waals surface area contributed by atoms with Gasteiger partial charge in [-0.3, -0.25) is 0 Å². The van der Waals surface area contributed by atoms with Gasteiger partial charge in [-0.05, 0) is 139 Å². The average molecular weight is 709 g/mol. The predicted molar refractivity (Wildman–Crippen MR) is 230 cm³/mol. The SMILES string of the molecule is CC(C)(C)c1cc2c3c(c1)-c1cc(C(C)(C)C)cc(c1C3)CSCc1cc3cc(C(C)(C)C)cc4c(cc5cc(C(C)(C)C)cc1c5c34)CSC2. The number of benzene rings is 6. The lowest BCUT2D eigenvalue weighted by Gasteiger charge is -2.26. The third-order valence-corrected chi connectivity index (χ3v) is 13.8. The number of hydrogen-bond donors (Lipinski definition) is 0. The fraction of sp³-hybridized carbons (Fsp3) is 0.429. The summed E-state index contributed by atoms with van der Waals surface area (Å²) in [6.07, 6.45) is 1.05. The van der Waals surface area contributed by atoms with Gasteiger partial charge in [-0.2, -0.15) is 23.5 Å². The molecule has 0 N–H and O–H groups in total. The quantitative estimate of drug-likeness (QED) is 0.144. The van der Waals surface area contributed by atoms with Crippen LogP contribution >= 0.6 is 23.5 Å². The third kappa shape index (κ3) is 6.11. The van der Waals surface area contributed by atoms with Crippen molar-refractivity contribution >= 4 is 55.8 Å². The summed E-state index contributed by atoms with van der Waals surface area (Å²) in [6, 6.07) is 25.5. The first-order valence-electron chi connectivity index (χ1n) is 19.0. The molecule has 51 heavy (non-hydrogen) atoms. The van der Waals surface area contributed by atoms with E-state index in [9.17, 15) is 0 Å². The molecule has 0 spiro atoms. The molecule has 264 valence electrons. The minimum absolute atomic E-state index is 0.0732. The van der Waals surface area contributed by atoms with Crippen LogP contribution in [0, 0.1) is 0 Å². The Morgan fingerprint density at radius 3 is 1.06 bits per heavy atom. The molecule has 8 bridgehead atoms. The summed E-state index contributed by atoms with van der Waals surface area (Å²) < 4.78 is 0. The first-order valence-corrected chi connectivity index (χ1v) is 21.4. The summed E-state index contributed by atoms with van der Waals surface area (Å²) in [5.74, 6) is 4.06. The Morgan fingerprint density at radius 2 is 0.706 bits per heavy atom. The summed E-state index contributed by atoms with van der Waals surface area (Å²) in [4.78, 5) is 0. The van der Waals surface area contributed by atoms with Crippen molar-refractivity contribution in [3.63, 3.8) is 0 Å². The maximum atomic E-state index is 2.57. The zero-order chi connectivity index (χ0) is 36.4. The third-order valence-electron chi connectivity index (χ3n) is 11.8. The van der Waals surface area contributed by atoms with E-state index in [4.69, 9.17) is 0 Å². The molecule has 0 nitrogen and oxygen atoms in total. The maximum absolute atomic E-state index is 2.57. The van der Waals surface area contributed by atoms with Gasteiger partial charge in [-0.25, -0.2) is 0 Å². The van der Waals surface area contributed by atoms with Crippen LogP contribution in [0.4, 0.5) is 0 Å². The molecule has 0 aromatic heterocycles. The fourth-order valence-electron chi connectivity index (χ4n) is 8.46. The standard InChI is InChI=1S/C49H56S2/c1-46(2,3)34-15-28-13-31-25-51-27-33-18-37(49(10,11)12)22-43-39(33)23-38-32(17-36(21-42(38)43)48(7,8)9)26-50-24-30-14-29-16-35(47(4,5)6)20-41(31)45(29)44(28)40(30)19-34/h13-22H,23-27H2,1-12H3. The second-order valence-corrected chi connectivity index (χ2v) is 21.8. The van der Waals surface area contributed by atoms with Crippen LogP contribution < -0.4 is 0 Å². The van der Waals surface area contributed by atoms with Crippen LogP contribution in [0.3, 0.4) is 0 Å². The summed E-state index contributed by atoms with van der Waals surface area (Å²) in [7, 11) is 0. The molecule has 9 rings (SSSR count). The second-order valence-electron chi connectivity index (χ2n) is 19.8. The number of rotatable bonds is 0. The lowest BCUT2D eigenvalue weighted by Crippen LogP contribution is -2.13. The van der Waals surface area contributed by atoms with Gasteiger partial charge >= 0.3 is 0 Å². The topological polar surface area (TPSA) is 0 Å². The molecule has 0 saturated carbocycles. The molecule has 0 fully saturated rings. The van der Waals surface area contributed by atoms with E-state index in [1.54, 1.807) is 11.1 Å². The number of hydrogen-bond acceptors (Lipinski definition) is 2. The molecule has 3 aliphatic rings. The largest absolute Gasteiger partial charge is 0.152 e. The molecule has 0 amide bonds. The molecular weight excluding hydrogens is 653 g/mol. The lowest BCUT2D eigenvalue weighted by atomic mass is 9.79. The van der Waals surface area contributed by atoms with Gasteiger partial charge in [0.05, 0.1) is 0 Å². The molecule has 2 heterocycles. The van der Waals surface area contributed by atoms with Crippen LogP contribution in [-0.4, -0.2) is 0 Å². The summed E-state index contributed by atoms with van der Waals surface area (Å²) in [5, 5.41) is 8.66. The Labute approximate surface area is 315 Å². The van der Waals surface area contributed by atoms with Crippen LogP contribution in [0.5, 0.6) is 0 Å². The maximum Gasteiger partial charge on any atom is 0.0194 e. The summed E-state index contributed by atoms with van der Waals surface area (Å²) in [5.41, 5.74) is 18.2.